The first-order valence-corrected chi connectivity index (χ1v) is 12.9. The van der Waals surface area contributed by atoms with Crippen LogP contribution in [0, 0.1) is 0 Å². The first-order chi connectivity index (χ1) is 10.7. The molecule has 1 atom stereocenters. The molecule has 1 aliphatic heterocycles. The van der Waals surface area contributed by atoms with Crippen LogP contribution in [-0.4, -0.2) is 46.4 Å². The monoisotopic (exact) mass is 355 g/mol. The van der Waals surface area contributed by atoms with Crippen LogP contribution in [0.2, 0.25) is 19.6 Å². The third kappa shape index (κ3) is 5.75. The van der Waals surface area contributed by atoms with Crippen LogP contribution < -0.4 is 0 Å². The van der Waals surface area contributed by atoms with Crippen molar-refractivity contribution in [2.24, 2.45) is 0 Å². The fourth-order valence-corrected chi connectivity index (χ4v) is 6.65. The van der Waals surface area contributed by atoms with E-state index in [1.54, 1.807) is 4.90 Å². The largest absolute Gasteiger partial charge is 0.342 e. The number of rotatable bonds is 7. The highest BCUT2D eigenvalue weighted by Gasteiger charge is 2.30. The molecule has 1 aliphatic rings. The zero-order chi connectivity index (χ0) is 17.1. The van der Waals surface area contributed by atoms with Crippen molar-refractivity contribution >= 4 is 24.3 Å². The van der Waals surface area contributed by atoms with Crippen molar-refractivity contribution in [2.75, 3.05) is 18.8 Å². The Hall–Kier alpha value is -1.18. The minimum absolute atomic E-state index is 0.0307. The van der Waals surface area contributed by atoms with Gasteiger partial charge in [-0.1, -0.05) is 30.3 Å². The quantitative estimate of drug-likeness (QED) is 0.705. The summed E-state index contributed by atoms with van der Waals surface area (Å²) in [5.74, 6) is 0.276. The third-order valence-electron chi connectivity index (χ3n) is 3.68. The van der Waals surface area contributed by atoms with Gasteiger partial charge in [0, 0.05) is 25.4 Å². The molecule has 2 rings (SSSR count). The lowest BCUT2D eigenvalue weighted by Crippen LogP contribution is -2.32. The maximum absolute atomic E-state index is 12.1. The zero-order valence-corrected chi connectivity index (χ0v) is 15.8. The Morgan fingerprint density at radius 2 is 1.87 bits per heavy atom. The molecule has 1 unspecified atom stereocenters. The summed E-state index contributed by atoms with van der Waals surface area (Å²) in [6.07, 6.45) is 0.919. The van der Waals surface area contributed by atoms with E-state index in [9.17, 15) is 13.2 Å². The zero-order valence-electron chi connectivity index (χ0n) is 14.0. The molecule has 0 aromatic heterocycles. The minimum atomic E-state index is -3.49. The van der Waals surface area contributed by atoms with E-state index < -0.39 is 18.4 Å². The number of likely N-dealkylation sites (tertiary alicyclic amines) is 1. The van der Waals surface area contributed by atoms with Crippen molar-refractivity contribution in [3.8, 4) is 0 Å². The summed E-state index contributed by atoms with van der Waals surface area (Å²) in [6.45, 7) is 6.67. The first-order valence-electron chi connectivity index (χ1n) is 7.92. The number of hydrogen-bond donors (Lipinski definition) is 0. The fraction of sp³-hybridized carbons (Fsp3) is 0.562. The highest BCUT2D eigenvalue weighted by Crippen LogP contribution is 2.28. The van der Waals surface area contributed by atoms with E-state index in [0.717, 1.165) is 5.56 Å². The molecule has 0 N–H and O–H groups in total. The highest BCUT2D eigenvalue weighted by atomic mass is 32.2. The maximum Gasteiger partial charge on any atom is 0.257 e. The molecule has 0 spiro atoms. The molecule has 7 heteroatoms. The third-order valence-corrected chi connectivity index (χ3v) is 7.49. The SMILES string of the molecule is C[Si](C)(C)OS(=O)(=O)CCCN1CC(c2ccccc2)CC1=O. The summed E-state index contributed by atoms with van der Waals surface area (Å²) in [7, 11) is -5.60. The van der Waals surface area contributed by atoms with Crippen molar-refractivity contribution in [1.82, 2.24) is 4.90 Å². The second-order valence-corrected chi connectivity index (χ2v) is 13.4. The standard InChI is InChI=1S/C16H25NO4SSi/c1-23(2,3)21-22(19,20)11-7-10-17-13-15(12-16(17)18)14-8-5-4-6-9-14/h4-6,8-9,15H,7,10-13H2,1-3H3. The number of amides is 1. The number of hydrogen-bond acceptors (Lipinski definition) is 4. The van der Waals surface area contributed by atoms with Gasteiger partial charge in [0.25, 0.3) is 10.1 Å². The van der Waals surface area contributed by atoms with Crippen LogP contribution in [0.4, 0.5) is 0 Å². The van der Waals surface area contributed by atoms with Crippen molar-refractivity contribution in [3.05, 3.63) is 35.9 Å². The molecule has 0 radical (unpaired) electrons. The van der Waals surface area contributed by atoms with Gasteiger partial charge < -0.3 is 8.77 Å². The minimum Gasteiger partial charge on any atom is -0.342 e. The lowest BCUT2D eigenvalue weighted by Gasteiger charge is -2.19. The second-order valence-electron chi connectivity index (χ2n) is 6.96. The summed E-state index contributed by atoms with van der Waals surface area (Å²) in [6, 6.07) is 9.98. The molecule has 128 valence electrons. The van der Waals surface area contributed by atoms with Gasteiger partial charge in [0.15, 0.2) is 0 Å². The Morgan fingerprint density at radius 3 is 2.48 bits per heavy atom. The molecule has 1 saturated heterocycles. The summed E-state index contributed by atoms with van der Waals surface area (Å²) >= 11 is 0. The lowest BCUT2D eigenvalue weighted by atomic mass is 9.99. The van der Waals surface area contributed by atoms with Crippen LogP contribution in [0.3, 0.4) is 0 Å². The van der Waals surface area contributed by atoms with Crippen LogP contribution >= 0.6 is 0 Å². The van der Waals surface area contributed by atoms with Gasteiger partial charge in [-0.3, -0.25) is 4.79 Å². The Balaban J connectivity index is 1.84. The van der Waals surface area contributed by atoms with Crippen LogP contribution in [0.15, 0.2) is 30.3 Å². The first kappa shape index (κ1) is 18.2. The van der Waals surface area contributed by atoms with Crippen LogP contribution in [-0.2, 0) is 18.8 Å². The molecular weight excluding hydrogens is 330 g/mol. The Bertz CT molecular complexity index is 640. The van der Waals surface area contributed by atoms with Gasteiger partial charge in [-0.05, 0) is 31.6 Å². The Morgan fingerprint density at radius 1 is 1.22 bits per heavy atom. The molecule has 0 bridgehead atoms. The van der Waals surface area contributed by atoms with Crippen molar-refractivity contribution in [1.29, 1.82) is 0 Å². The molecule has 1 amide bonds. The molecular formula is C16H25NO4SSi. The van der Waals surface area contributed by atoms with E-state index in [0.29, 0.717) is 25.9 Å². The summed E-state index contributed by atoms with van der Waals surface area (Å²) in [4.78, 5) is 13.9. The van der Waals surface area contributed by atoms with Gasteiger partial charge in [0.05, 0.1) is 5.75 Å². The fourth-order valence-electron chi connectivity index (χ4n) is 2.79. The van der Waals surface area contributed by atoms with Gasteiger partial charge in [-0.25, -0.2) is 8.42 Å². The second kappa shape index (κ2) is 7.15. The normalized spacial score (nSPS) is 19.3. The molecule has 1 aromatic carbocycles. The average Bonchev–Trinajstić information content (AvgIpc) is 2.78. The van der Waals surface area contributed by atoms with Crippen LogP contribution in [0.1, 0.15) is 24.3 Å². The van der Waals surface area contributed by atoms with E-state index >= 15 is 0 Å². The lowest BCUT2D eigenvalue weighted by molar-refractivity contribution is -0.127. The molecule has 5 nitrogen and oxygen atoms in total. The predicted molar refractivity (Wildman–Crippen MR) is 93.2 cm³/mol. The predicted octanol–water partition coefficient (Wildman–Crippen LogP) is 2.57. The Labute approximate surface area is 139 Å². The van der Waals surface area contributed by atoms with Crippen molar-refractivity contribution in [2.45, 2.75) is 38.4 Å². The van der Waals surface area contributed by atoms with E-state index in [1.165, 1.54) is 0 Å². The van der Waals surface area contributed by atoms with Crippen LogP contribution in [0.25, 0.3) is 0 Å². The molecule has 1 fully saturated rings. The van der Waals surface area contributed by atoms with E-state index in [4.69, 9.17) is 3.87 Å². The van der Waals surface area contributed by atoms with E-state index in [2.05, 4.69) is 0 Å². The molecule has 1 aromatic rings. The summed E-state index contributed by atoms with van der Waals surface area (Å²) in [5.41, 5.74) is 1.16. The topological polar surface area (TPSA) is 63.7 Å². The Kier molecular flexibility index (Phi) is 5.64. The molecule has 1 heterocycles. The van der Waals surface area contributed by atoms with Crippen molar-refractivity contribution in [3.63, 3.8) is 0 Å². The maximum atomic E-state index is 12.1. The average molecular weight is 356 g/mol. The summed E-state index contributed by atoms with van der Waals surface area (Å²) in [5, 5.41) is 0. The van der Waals surface area contributed by atoms with Crippen LogP contribution in [0.5, 0.6) is 0 Å². The number of carbonyl (C=O) groups is 1. The van der Waals surface area contributed by atoms with E-state index in [-0.39, 0.29) is 17.6 Å². The molecule has 23 heavy (non-hydrogen) atoms. The van der Waals surface area contributed by atoms with Gasteiger partial charge in [0.1, 0.15) is 0 Å². The number of nitrogens with zero attached hydrogens (tertiary/aromatic N) is 1. The van der Waals surface area contributed by atoms with Crippen molar-refractivity contribution < 1.29 is 17.1 Å². The van der Waals surface area contributed by atoms with Gasteiger partial charge >= 0.3 is 0 Å². The number of benzene rings is 1. The smallest absolute Gasteiger partial charge is 0.257 e. The van der Waals surface area contributed by atoms with Gasteiger partial charge in [0.2, 0.25) is 14.2 Å². The van der Waals surface area contributed by atoms with Gasteiger partial charge in [-0.15, -0.1) is 0 Å². The number of carbonyl (C=O) groups excluding carboxylic acids is 1. The summed E-state index contributed by atoms with van der Waals surface area (Å²) < 4.78 is 29.0. The molecule has 0 aliphatic carbocycles. The van der Waals surface area contributed by atoms with Gasteiger partial charge in [-0.2, -0.15) is 0 Å². The molecule has 0 saturated carbocycles. The highest BCUT2D eigenvalue weighted by molar-refractivity contribution is 7.87. The van der Waals surface area contributed by atoms with E-state index in [1.807, 2.05) is 50.0 Å².